The monoisotopic (exact) mass is 308 g/mol. The Labute approximate surface area is 134 Å². The molecule has 1 N–H and O–H groups in total. The molecular formula is C18H29ClN2. The van der Waals surface area contributed by atoms with Crippen LogP contribution >= 0.6 is 11.6 Å². The van der Waals surface area contributed by atoms with Crippen molar-refractivity contribution in [2.75, 3.05) is 18.0 Å². The Bertz CT molecular complexity index is 421. The first kappa shape index (κ1) is 16.6. The maximum Gasteiger partial charge on any atom is 0.0642 e. The van der Waals surface area contributed by atoms with Crippen LogP contribution in [-0.2, 0) is 6.54 Å². The molecule has 1 fully saturated rings. The van der Waals surface area contributed by atoms with E-state index in [4.69, 9.17) is 11.6 Å². The van der Waals surface area contributed by atoms with E-state index in [1.807, 2.05) is 0 Å². The Balaban J connectivity index is 1.99. The molecule has 0 radical (unpaired) electrons. The minimum Gasteiger partial charge on any atom is -0.370 e. The van der Waals surface area contributed by atoms with E-state index in [9.17, 15) is 0 Å². The fraction of sp³-hybridized carbons (Fsp3) is 0.667. The number of nitrogens with one attached hydrogen (secondary N) is 1. The molecule has 0 aromatic heterocycles. The third kappa shape index (κ3) is 5.52. The molecule has 2 rings (SSSR count). The minimum absolute atomic E-state index is 0.744. The molecule has 118 valence electrons. The second-order valence-corrected chi connectivity index (χ2v) is 6.54. The molecule has 0 spiro atoms. The number of halogens is 1. The fourth-order valence-corrected chi connectivity index (χ4v) is 2.84. The lowest BCUT2D eigenvalue weighted by molar-refractivity contribution is 0.676. The van der Waals surface area contributed by atoms with Crippen LogP contribution < -0.4 is 10.2 Å². The van der Waals surface area contributed by atoms with E-state index in [0.717, 1.165) is 30.7 Å². The first-order chi connectivity index (χ1) is 10.2. The molecule has 0 saturated heterocycles. The van der Waals surface area contributed by atoms with E-state index < -0.39 is 0 Å². The average Bonchev–Trinajstić information content (AvgIpc) is 3.30. The average molecular weight is 309 g/mol. The summed E-state index contributed by atoms with van der Waals surface area (Å²) in [7, 11) is 0. The van der Waals surface area contributed by atoms with Crippen molar-refractivity contribution in [3.05, 3.63) is 28.8 Å². The van der Waals surface area contributed by atoms with Crippen molar-refractivity contribution in [2.45, 2.75) is 65.0 Å². The van der Waals surface area contributed by atoms with Crippen molar-refractivity contribution in [3.63, 3.8) is 0 Å². The van der Waals surface area contributed by atoms with Crippen LogP contribution in [0.1, 0.15) is 57.9 Å². The summed E-state index contributed by atoms with van der Waals surface area (Å²) in [4.78, 5) is 2.45. The number of anilines is 1. The highest BCUT2D eigenvalue weighted by Gasteiger charge is 2.20. The van der Waals surface area contributed by atoms with E-state index >= 15 is 0 Å². The SMILES string of the molecule is CCCCN(CCCC)c1ccc(CNC2CC2)cc1Cl. The number of hydrogen-bond donors (Lipinski definition) is 1. The van der Waals surface area contributed by atoms with E-state index in [0.29, 0.717) is 0 Å². The van der Waals surface area contributed by atoms with Gasteiger partial charge in [0, 0.05) is 25.7 Å². The number of benzene rings is 1. The summed E-state index contributed by atoms with van der Waals surface area (Å²) in [5, 5.41) is 4.45. The molecule has 0 bridgehead atoms. The van der Waals surface area contributed by atoms with Gasteiger partial charge >= 0.3 is 0 Å². The van der Waals surface area contributed by atoms with Gasteiger partial charge in [-0.3, -0.25) is 0 Å². The van der Waals surface area contributed by atoms with Crippen molar-refractivity contribution < 1.29 is 0 Å². The van der Waals surface area contributed by atoms with Crippen LogP contribution in [0.2, 0.25) is 5.02 Å². The zero-order valence-electron chi connectivity index (χ0n) is 13.5. The van der Waals surface area contributed by atoms with Gasteiger partial charge < -0.3 is 10.2 Å². The van der Waals surface area contributed by atoms with E-state index in [1.54, 1.807) is 0 Å². The second kappa shape index (κ2) is 8.65. The lowest BCUT2D eigenvalue weighted by Gasteiger charge is -2.26. The standard InChI is InChI=1S/C18H29ClN2/c1-3-5-11-21(12-6-4-2)18-10-7-15(13-17(18)19)14-20-16-8-9-16/h7,10,13,16,20H,3-6,8-9,11-12,14H2,1-2H3. The molecule has 1 aliphatic rings. The predicted octanol–water partition coefficient (Wildman–Crippen LogP) is 5.00. The van der Waals surface area contributed by atoms with Crippen molar-refractivity contribution in [1.29, 1.82) is 0 Å². The third-order valence-corrected chi connectivity index (χ3v) is 4.39. The summed E-state index contributed by atoms with van der Waals surface area (Å²) in [6, 6.07) is 7.31. The third-order valence-electron chi connectivity index (χ3n) is 4.09. The molecule has 1 aromatic rings. The first-order valence-electron chi connectivity index (χ1n) is 8.51. The molecule has 1 aliphatic carbocycles. The molecule has 1 aromatic carbocycles. The largest absolute Gasteiger partial charge is 0.370 e. The zero-order valence-corrected chi connectivity index (χ0v) is 14.3. The van der Waals surface area contributed by atoms with Gasteiger partial charge in [0.25, 0.3) is 0 Å². The van der Waals surface area contributed by atoms with Gasteiger partial charge in [0.05, 0.1) is 10.7 Å². The lowest BCUT2D eigenvalue weighted by atomic mass is 10.1. The normalized spacial score (nSPS) is 14.4. The van der Waals surface area contributed by atoms with Crippen molar-refractivity contribution in [1.82, 2.24) is 5.32 Å². The minimum atomic E-state index is 0.744. The summed E-state index contributed by atoms with van der Waals surface area (Å²) in [6.45, 7) is 7.64. The maximum atomic E-state index is 6.54. The van der Waals surface area contributed by atoms with Crippen LogP contribution in [0.4, 0.5) is 5.69 Å². The quantitative estimate of drug-likeness (QED) is 0.654. The molecule has 1 saturated carbocycles. The molecular weight excluding hydrogens is 280 g/mol. The Morgan fingerprint density at radius 1 is 1.14 bits per heavy atom. The highest BCUT2D eigenvalue weighted by molar-refractivity contribution is 6.33. The van der Waals surface area contributed by atoms with Gasteiger partial charge in [0.1, 0.15) is 0 Å². The van der Waals surface area contributed by atoms with Crippen molar-refractivity contribution in [2.24, 2.45) is 0 Å². The topological polar surface area (TPSA) is 15.3 Å². The van der Waals surface area contributed by atoms with Crippen LogP contribution in [-0.4, -0.2) is 19.1 Å². The maximum absolute atomic E-state index is 6.54. The van der Waals surface area contributed by atoms with Crippen LogP contribution in [0, 0.1) is 0 Å². The lowest BCUT2D eigenvalue weighted by Crippen LogP contribution is -2.26. The summed E-state index contributed by atoms with van der Waals surface area (Å²) >= 11 is 6.54. The number of nitrogens with zero attached hydrogens (tertiary/aromatic N) is 1. The van der Waals surface area contributed by atoms with Gasteiger partial charge in [0.15, 0.2) is 0 Å². The van der Waals surface area contributed by atoms with Crippen LogP contribution in [0.3, 0.4) is 0 Å². The van der Waals surface area contributed by atoms with Gasteiger partial charge in [0.2, 0.25) is 0 Å². The first-order valence-corrected chi connectivity index (χ1v) is 8.89. The van der Waals surface area contributed by atoms with E-state index in [-0.39, 0.29) is 0 Å². The predicted molar refractivity (Wildman–Crippen MR) is 93.3 cm³/mol. The zero-order chi connectivity index (χ0) is 15.1. The summed E-state index contributed by atoms with van der Waals surface area (Å²) in [5.41, 5.74) is 2.50. The number of unbranched alkanes of at least 4 members (excludes halogenated alkanes) is 2. The Morgan fingerprint density at radius 3 is 2.33 bits per heavy atom. The van der Waals surface area contributed by atoms with Crippen LogP contribution in [0.15, 0.2) is 18.2 Å². The summed E-state index contributed by atoms with van der Waals surface area (Å²) in [5.74, 6) is 0. The van der Waals surface area contributed by atoms with Gasteiger partial charge in [-0.2, -0.15) is 0 Å². The highest BCUT2D eigenvalue weighted by atomic mass is 35.5. The molecule has 0 amide bonds. The highest BCUT2D eigenvalue weighted by Crippen LogP contribution is 2.28. The summed E-state index contributed by atoms with van der Waals surface area (Å²) < 4.78 is 0. The molecule has 3 heteroatoms. The second-order valence-electron chi connectivity index (χ2n) is 6.14. The molecule has 21 heavy (non-hydrogen) atoms. The fourth-order valence-electron chi connectivity index (χ4n) is 2.52. The number of rotatable bonds is 10. The number of hydrogen-bond acceptors (Lipinski definition) is 2. The van der Waals surface area contributed by atoms with Gasteiger partial charge in [-0.1, -0.05) is 44.4 Å². The molecule has 0 atom stereocenters. The smallest absolute Gasteiger partial charge is 0.0642 e. The molecule has 0 unspecified atom stereocenters. The Morgan fingerprint density at radius 2 is 1.81 bits per heavy atom. The van der Waals surface area contributed by atoms with Crippen molar-refractivity contribution >= 4 is 17.3 Å². The van der Waals surface area contributed by atoms with E-state index in [2.05, 4.69) is 42.3 Å². The van der Waals surface area contributed by atoms with Gasteiger partial charge in [-0.15, -0.1) is 0 Å². The summed E-state index contributed by atoms with van der Waals surface area (Å²) in [6.07, 6.45) is 7.56. The molecule has 0 heterocycles. The van der Waals surface area contributed by atoms with Crippen molar-refractivity contribution in [3.8, 4) is 0 Å². The van der Waals surface area contributed by atoms with E-state index in [1.165, 1.54) is 49.8 Å². The van der Waals surface area contributed by atoms with Crippen LogP contribution in [0.5, 0.6) is 0 Å². The van der Waals surface area contributed by atoms with Crippen LogP contribution in [0.25, 0.3) is 0 Å². The van der Waals surface area contributed by atoms with Gasteiger partial charge in [-0.25, -0.2) is 0 Å². The Hall–Kier alpha value is -0.730. The molecule has 0 aliphatic heterocycles. The van der Waals surface area contributed by atoms with Gasteiger partial charge in [-0.05, 0) is 43.4 Å². The Kier molecular flexibility index (Phi) is 6.85. The molecule has 2 nitrogen and oxygen atoms in total.